The van der Waals surface area contributed by atoms with Gasteiger partial charge in [0.25, 0.3) is 0 Å². The van der Waals surface area contributed by atoms with Gasteiger partial charge in [-0.05, 0) is 37.5 Å². The van der Waals surface area contributed by atoms with E-state index in [4.69, 9.17) is 0 Å². The van der Waals surface area contributed by atoms with Crippen molar-refractivity contribution in [3.8, 4) is 0 Å². The summed E-state index contributed by atoms with van der Waals surface area (Å²) in [6.45, 7) is 2.86. The molecule has 2 aromatic rings. The van der Waals surface area contributed by atoms with Crippen LogP contribution in [-0.4, -0.2) is 37.5 Å². The molecule has 1 N–H and O–H groups in total. The average molecular weight is 415 g/mol. The summed E-state index contributed by atoms with van der Waals surface area (Å²) in [5.41, 5.74) is 1.80. The number of Topliss-reactive ketones (excluding diaryl/α,β-unsaturated/α-hetero) is 1. The fourth-order valence-electron chi connectivity index (χ4n) is 3.36. The summed E-state index contributed by atoms with van der Waals surface area (Å²) in [4.78, 5) is 24.7. The summed E-state index contributed by atoms with van der Waals surface area (Å²) in [6.07, 6.45) is 2.91. The van der Waals surface area contributed by atoms with Crippen molar-refractivity contribution >= 4 is 27.4 Å². The number of aryl methyl sites for hydroxylation is 1. The van der Waals surface area contributed by atoms with Gasteiger partial charge in [0.05, 0.1) is 4.90 Å². The van der Waals surface area contributed by atoms with Crippen LogP contribution in [0.1, 0.15) is 48.0 Å². The molecule has 1 aliphatic heterocycles. The highest BCUT2D eigenvalue weighted by Crippen LogP contribution is 2.25. The number of nitrogens with one attached hydrogen (secondary N) is 1. The van der Waals surface area contributed by atoms with E-state index in [1.807, 2.05) is 13.0 Å². The highest BCUT2D eigenvalue weighted by Gasteiger charge is 2.26. The molecule has 0 aromatic heterocycles. The molecule has 1 fully saturated rings. The molecule has 1 heterocycles. The molecule has 154 valence electrons. The normalized spacial score (nSPS) is 15.1. The van der Waals surface area contributed by atoms with E-state index in [1.165, 1.54) is 10.4 Å². The second kappa shape index (κ2) is 9.33. The van der Waals surface area contributed by atoms with Crippen molar-refractivity contribution in [3.63, 3.8) is 0 Å². The zero-order valence-corrected chi connectivity index (χ0v) is 17.4. The zero-order valence-electron chi connectivity index (χ0n) is 16.6. The first-order valence-electron chi connectivity index (χ1n) is 9.87. The second-order valence-corrected chi connectivity index (χ2v) is 9.22. The third kappa shape index (κ3) is 5.31. The number of carbonyl (C=O) groups is 2. The van der Waals surface area contributed by atoms with E-state index in [9.17, 15) is 18.0 Å². The Morgan fingerprint density at radius 3 is 2.34 bits per heavy atom. The monoisotopic (exact) mass is 414 g/mol. The van der Waals surface area contributed by atoms with E-state index in [1.54, 1.807) is 36.4 Å². The lowest BCUT2D eigenvalue weighted by Crippen LogP contribution is -2.35. The standard InChI is InChI=1S/C22H26N2O4S/c1-17-10-11-19(29(27,28)24-14-6-3-7-15-24)16-20(17)23-22(26)13-12-21(25)18-8-4-2-5-9-18/h2,4-5,8-11,16H,3,6-7,12-15H2,1H3,(H,23,26). The molecule has 0 unspecified atom stereocenters. The molecule has 1 aliphatic rings. The summed E-state index contributed by atoms with van der Waals surface area (Å²) in [7, 11) is -3.57. The van der Waals surface area contributed by atoms with Crippen LogP contribution in [0.4, 0.5) is 5.69 Å². The van der Waals surface area contributed by atoms with Gasteiger partial charge >= 0.3 is 0 Å². The number of benzene rings is 2. The van der Waals surface area contributed by atoms with Gasteiger partial charge in [-0.2, -0.15) is 4.31 Å². The zero-order chi connectivity index (χ0) is 20.9. The first kappa shape index (κ1) is 21.2. The quantitative estimate of drug-likeness (QED) is 0.699. The summed E-state index contributed by atoms with van der Waals surface area (Å²) in [5.74, 6) is -0.413. The van der Waals surface area contributed by atoms with Crippen LogP contribution in [0.15, 0.2) is 53.4 Å². The maximum atomic E-state index is 12.9. The minimum Gasteiger partial charge on any atom is -0.326 e. The van der Waals surface area contributed by atoms with E-state index >= 15 is 0 Å². The molecule has 0 bridgehead atoms. The molecule has 29 heavy (non-hydrogen) atoms. The van der Waals surface area contributed by atoms with Gasteiger partial charge in [-0.1, -0.05) is 42.8 Å². The predicted molar refractivity (Wildman–Crippen MR) is 112 cm³/mol. The Morgan fingerprint density at radius 1 is 0.966 bits per heavy atom. The summed E-state index contributed by atoms with van der Waals surface area (Å²) in [6, 6.07) is 13.6. The number of ketones is 1. The highest BCUT2D eigenvalue weighted by molar-refractivity contribution is 7.89. The van der Waals surface area contributed by atoms with Crippen LogP contribution in [0.2, 0.25) is 0 Å². The maximum absolute atomic E-state index is 12.9. The Hall–Kier alpha value is -2.51. The predicted octanol–water partition coefficient (Wildman–Crippen LogP) is 3.77. The van der Waals surface area contributed by atoms with Crippen molar-refractivity contribution in [1.29, 1.82) is 0 Å². The van der Waals surface area contributed by atoms with Crippen LogP contribution in [0.25, 0.3) is 0 Å². The molecule has 0 aliphatic carbocycles. The lowest BCUT2D eigenvalue weighted by molar-refractivity contribution is -0.116. The van der Waals surface area contributed by atoms with Crippen LogP contribution in [0, 0.1) is 6.92 Å². The van der Waals surface area contributed by atoms with Crippen molar-refractivity contribution in [2.75, 3.05) is 18.4 Å². The van der Waals surface area contributed by atoms with E-state index in [2.05, 4.69) is 5.32 Å². The number of anilines is 1. The van der Waals surface area contributed by atoms with Gasteiger partial charge in [-0.3, -0.25) is 9.59 Å². The molecule has 0 radical (unpaired) electrons. The number of hydrogen-bond acceptors (Lipinski definition) is 4. The Balaban J connectivity index is 1.66. The average Bonchev–Trinajstić information content (AvgIpc) is 2.74. The molecule has 6 nitrogen and oxygen atoms in total. The Bertz CT molecular complexity index is 981. The van der Waals surface area contributed by atoms with Crippen molar-refractivity contribution in [3.05, 3.63) is 59.7 Å². The molecular formula is C22H26N2O4S. The lowest BCUT2D eigenvalue weighted by Gasteiger charge is -2.26. The summed E-state index contributed by atoms with van der Waals surface area (Å²) in [5, 5.41) is 2.76. The van der Waals surface area contributed by atoms with Gasteiger partial charge < -0.3 is 5.32 Å². The van der Waals surface area contributed by atoms with Gasteiger partial charge in [-0.15, -0.1) is 0 Å². The third-order valence-electron chi connectivity index (χ3n) is 5.11. The van der Waals surface area contributed by atoms with Crippen molar-refractivity contribution in [1.82, 2.24) is 4.31 Å². The fourth-order valence-corrected chi connectivity index (χ4v) is 4.90. The second-order valence-electron chi connectivity index (χ2n) is 7.28. The molecular weight excluding hydrogens is 388 g/mol. The smallest absolute Gasteiger partial charge is 0.243 e. The van der Waals surface area contributed by atoms with E-state index in [0.29, 0.717) is 24.3 Å². The Morgan fingerprint density at radius 2 is 1.66 bits per heavy atom. The molecule has 1 amide bonds. The number of rotatable bonds is 7. The molecule has 3 rings (SSSR count). The number of piperidine rings is 1. The van der Waals surface area contributed by atoms with Gasteiger partial charge in [0.1, 0.15) is 0 Å². The van der Waals surface area contributed by atoms with Crippen molar-refractivity contribution in [2.45, 2.75) is 43.9 Å². The van der Waals surface area contributed by atoms with Gasteiger partial charge in [0, 0.05) is 37.2 Å². The summed E-state index contributed by atoms with van der Waals surface area (Å²) < 4.78 is 27.3. The molecule has 7 heteroatoms. The van der Waals surface area contributed by atoms with E-state index < -0.39 is 10.0 Å². The fraction of sp³-hybridized carbons (Fsp3) is 0.364. The number of carbonyl (C=O) groups excluding carboxylic acids is 2. The molecule has 0 spiro atoms. The molecule has 1 saturated heterocycles. The van der Waals surface area contributed by atoms with Crippen LogP contribution in [-0.2, 0) is 14.8 Å². The summed E-state index contributed by atoms with van der Waals surface area (Å²) >= 11 is 0. The Labute approximate surface area is 172 Å². The minimum absolute atomic E-state index is 0.0380. The number of amides is 1. The molecule has 2 aromatic carbocycles. The first-order chi connectivity index (χ1) is 13.9. The largest absolute Gasteiger partial charge is 0.326 e. The maximum Gasteiger partial charge on any atom is 0.243 e. The van der Waals surface area contributed by atoms with Gasteiger partial charge in [0.2, 0.25) is 15.9 Å². The van der Waals surface area contributed by atoms with Crippen LogP contribution in [0.3, 0.4) is 0 Å². The van der Waals surface area contributed by atoms with Gasteiger partial charge in [-0.25, -0.2) is 8.42 Å². The van der Waals surface area contributed by atoms with Crippen molar-refractivity contribution < 1.29 is 18.0 Å². The number of hydrogen-bond donors (Lipinski definition) is 1. The van der Waals surface area contributed by atoms with E-state index in [-0.39, 0.29) is 29.4 Å². The van der Waals surface area contributed by atoms with E-state index in [0.717, 1.165) is 24.8 Å². The Kier molecular flexibility index (Phi) is 6.82. The topological polar surface area (TPSA) is 83.6 Å². The lowest BCUT2D eigenvalue weighted by atomic mass is 10.1. The number of sulfonamides is 1. The highest BCUT2D eigenvalue weighted by atomic mass is 32.2. The molecule has 0 atom stereocenters. The number of nitrogens with zero attached hydrogens (tertiary/aromatic N) is 1. The van der Waals surface area contributed by atoms with Crippen LogP contribution < -0.4 is 5.32 Å². The van der Waals surface area contributed by atoms with Crippen LogP contribution in [0.5, 0.6) is 0 Å². The van der Waals surface area contributed by atoms with Crippen molar-refractivity contribution in [2.24, 2.45) is 0 Å². The first-order valence-corrected chi connectivity index (χ1v) is 11.3. The minimum atomic E-state index is -3.57. The third-order valence-corrected chi connectivity index (χ3v) is 7.01. The van der Waals surface area contributed by atoms with Gasteiger partial charge in [0.15, 0.2) is 5.78 Å². The SMILES string of the molecule is Cc1ccc(S(=O)(=O)N2CCCCC2)cc1NC(=O)CCC(=O)c1ccccc1. The van der Waals surface area contributed by atoms with Crippen LogP contribution >= 0.6 is 0 Å². The molecule has 0 saturated carbocycles.